The zero-order valence-electron chi connectivity index (χ0n) is 20.0. The van der Waals surface area contributed by atoms with E-state index in [1.54, 1.807) is 26.4 Å². The number of rotatable bonds is 6. The van der Waals surface area contributed by atoms with Crippen LogP contribution < -0.4 is 19.5 Å². The van der Waals surface area contributed by atoms with Gasteiger partial charge < -0.3 is 14.8 Å². The van der Waals surface area contributed by atoms with Gasteiger partial charge in [-0.05, 0) is 60.4 Å². The molecule has 1 aliphatic carbocycles. The van der Waals surface area contributed by atoms with Crippen molar-refractivity contribution in [3.63, 3.8) is 0 Å². The average Bonchev–Trinajstić information content (AvgIpc) is 3.37. The summed E-state index contributed by atoms with van der Waals surface area (Å²) in [6, 6.07) is 14.5. The van der Waals surface area contributed by atoms with Crippen molar-refractivity contribution in [3.8, 4) is 11.5 Å². The lowest BCUT2D eigenvalue weighted by molar-refractivity contribution is -0.137. The molecule has 0 bridgehead atoms. The van der Waals surface area contributed by atoms with Crippen LogP contribution in [0.15, 0.2) is 77.7 Å². The predicted octanol–water partition coefficient (Wildman–Crippen LogP) is 6.35. The number of benzene rings is 3. The fraction of sp³-hybridized carbons (Fsp3) is 0.259. The van der Waals surface area contributed by atoms with Crippen LogP contribution in [0.4, 0.5) is 24.5 Å². The van der Waals surface area contributed by atoms with Crippen molar-refractivity contribution in [3.05, 3.63) is 89.5 Å². The molecule has 5 rings (SSSR count). The van der Waals surface area contributed by atoms with E-state index < -0.39 is 21.8 Å². The van der Waals surface area contributed by atoms with Gasteiger partial charge in [0.2, 0.25) is 0 Å². The first-order valence-corrected chi connectivity index (χ1v) is 13.1. The number of anilines is 2. The molecule has 1 heterocycles. The number of sulfonamides is 1. The van der Waals surface area contributed by atoms with Gasteiger partial charge in [0.05, 0.1) is 30.7 Å². The molecular weight excluding hydrogens is 505 g/mol. The Morgan fingerprint density at radius 1 is 0.973 bits per heavy atom. The summed E-state index contributed by atoms with van der Waals surface area (Å²) >= 11 is 0. The number of alkyl halides is 3. The maximum atomic E-state index is 13.1. The molecular formula is C27H25F3N2O4S. The number of hydrogen-bond acceptors (Lipinski definition) is 5. The van der Waals surface area contributed by atoms with E-state index in [0.29, 0.717) is 11.5 Å². The fourth-order valence-electron chi connectivity index (χ4n) is 5.18. The fourth-order valence-corrected chi connectivity index (χ4v) is 6.26. The van der Waals surface area contributed by atoms with Crippen LogP contribution in [-0.2, 0) is 16.2 Å². The highest BCUT2D eigenvalue weighted by Crippen LogP contribution is 2.52. The molecule has 0 saturated carbocycles. The summed E-state index contributed by atoms with van der Waals surface area (Å²) in [4.78, 5) is -0.0260. The highest BCUT2D eigenvalue weighted by atomic mass is 32.2. The van der Waals surface area contributed by atoms with Crippen molar-refractivity contribution in [1.82, 2.24) is 0 Å². The van der Waals surface area contributed by atoms with Crippen LogP contribution in [0.3, 0.4) is 0 Å². The van der Waals surface area contributed by atoms with Crippen molar-refractivity contribution in [2.45, 2.75) is 29.5 Å². The lowest BCUT2D eigenvalue weighted by Gasteiger charge is -2.38. The van der Waals surface area contributed by atoms with Gasteiger partial charge in [-0.1, -0.05) is 30.4 Å². The highest BCUT2D eigenvalue weighted by Gasteiger charge is 2.40. The molecule has 1 aliphatic heterocycles. The van der Waals surface area contributed by atoms with Gasteiger partial charge in [0.1, 0.15) is 0 Å². The second kappa shape index (κ2) is 9.33. The van der Waals surface area contributed by atoms with E-state index in [1.165, 1.54) is 18.2 Å². The molecule has 0 fully saturated rings. The summed E-state index contributed by atoms with van der Waals surface area (Å²) in [6.07, 6.45) is 0.348. The van der Waals surface area contributed by atoms with Crippen LogP contribution in [0.25, 0.3) is 0 Å². The summed E-state index contributed by atoms with van der Waals surface area (Å²) in [5, 5.41) is 3.55. The molecule has 37 heavy (non-hydrogen) atoms. The Morgan fingerprint density at radius 3 is 2.49 bits per heavy atom. The minimum atomic E-state index is -4.58. The lowest BCUT2D eigenvalue weighted by Crippen LogP contribution is -2.29. The van der Waals surface area contributed by atoms with Crippen molar-refractivity contribution >= 4 is 21.4 Å². The standard InChI is InChI=1S/C27H25F3N2O4S/c1-35-24-11-5-10-21(26(24)36-2)25-20-9-4-8-19(20)22-15-18(12-13-23(22)31-25)37(33,34)32-17-7-3-6-16(14-17)27(28,29)30/h3-8,10-15,19-20,25,31-32H,9H2,1-2H3/t19-,20+,25-/m0/s1. The van der Waals surface area contributed by atoms with Crippen molar-refractivity contribution in [1.29, 1.82) is 0 Å². The zero-order valence-corrected chi connectivity index (χ0v) is 20.9. The smallest absolute Gasteiger partial charge is 0.416 e. The van der Waals surface area contributed by atoms with Crippen LogP contribution in [0.2, 0.25) is 0 Å². The third-order valence-electron chi connectivity index (χ3n) is 6.86. The second-order valence-corrected chi connectivity index (χ2v) is 10.7. The van der Waals surface area contributed by atoms with E-state index >= 15 is 0 Å². The third kappa shape index (κ3) is 4.61. The van der Waals surface area contributed by atoms with E-state index in [-0.39, 0.29) is 28.5 Å². The predicted molar refractivity (Wildman–Crippen MR) is 135 cm³/mol. The van der Waals surface area contributed by atoms with E-state index in [4.69, 9.17) is 9.47 Å². The topological polar surface area (TPSA) is 76.7 Å². The molecule has 2 N–H and O–H groups in total. The molecule has 0 unspecified atom stereocenters. The summed E-state index contributed by atoms with van der Waals surface area (Å²) in [6.45, 7) is 0. The van der Waals surface area contributed by atoms with Crippen LogP contribution in [0, 0.1) is 5.92 Å². The van der Waals surface area contributed by atoms with Gasteiger partial charge in [-0.2, -0.15) is 13.2 Å². The number of allylic oxidation sites excluding steroid dienone is 2. The first kappa shape index (κ1) is 25.0. The first-order chi connectivity index (χ1) is 17.6. The molecule has 0 radical (unpaired) electrons. The van der Waals surface area contributed by atoms with Gasteiger partial charge in [0.15, 0.2) is 11.5 Å². The Bertz CT molecular complexity index is 1470. The van der Waals surface area contributed by atoms with E-state index in [1.807, 2.05) is 18.2 Å². The van der Waals surface area contributed by atoms with E-state index in [2.05, 4.69) is 22.2 Å². The summed E-state index contributed by atoms with van der Waals surface area (Å²) in [5.41, 5.74) is 1.44. The number of para-hydroxylation sites is 1. The second-order valence-electron chi connectivity index (χ2n) is 8.99. The third-order valence-corrected chi connectivity index (χ3v) is 8.23. The minimum Gasteiger partial charge on any atom is -0.493 e. The molecule has 3 aromatic rings. The molecule has 6 nitrogen and oxygen atoms in total. The van der Waals surface area contributed by atoms with Gasteiger partial charge >= 0.3 is 6.18 Å². The zero-order chi connectivity index (χ0) is 26.4. The number of ether oxygens (including phenoxy) is 2. The first-order valence-electron chi connectivity index (χ1n) is 11.6. The highest BCUT2D eigenvalue weighted by molar-refractivity contribution is 7.92. The van der Waals surface area contributed by atoms with E-state index in [0.717, 1.165) is 35.4 Å². The quantitative estimate of drug-likeness (QED) is 0.363. The van der Waals surface area contributed by atoms with Gasteiger partial charge in [0, 0.05) is 22.9 Å². The lowest BCUT2D eigenvalue weighted by atomic mass is 9.77. The van der Waals surface area contributed by atoms with Crippen molar-refractivity contribution in [2.24, 2.45) is 5.92 Å². The van der Waals surface area contributed by atoms with Crippen molar-refractivity contribution in [2.75, 3.05) is 24.3 Å². The SMILES string of the molecule is COc1cccc([C@H]2Nc3ccc(S(=O)(=O)Nc4cccc(C(F)(F)F)c4)cc3[C@H]3C=CC[C@H]32)c1OC. The molecule has 194 valence electrons. The number of nitrogens with one attached hydrogen (secondary N) is 2. The van der Waals surface area contributed by atoms with Gasteiger partial charge in [0.25, 0.3) is 10.0 Å². The van der Waals surface area contributed by atoms with Gasteiger partial charge in [-0.25, -0.2) is 8.42 Å². The molecule has 10 heteroatoms. The maximum absolute atomic E-state index is 13.1. The Hall–Kier alpha value is -3.66. The number of hydrogen-bond donors (Lipinski definition) is 2. The summed E-state index contributed by atoms with van der Waals surface area (Å²) in [5.74, 6) is 1.31. The number of methoxy groups -OCH3 is 2. The normalized spacial score (nSPS) is 20.5. The average molecular weight is 531 g/mol. The van der Waals surface area contributed by atoms with Crippen LogP contribution in [0.1, 0.15) is 35.1 Å². The van der Waals surface area contributed by atoms with Crippen molar-refractivity contribution < 1.29 is 31.1 Å². The molecule has 0 amide bonds. The molecule has 0 saturated heterocycles. The Morgan fingerprint density at radius 2 is 1.76 bits per heavy atom. The largest absolute Gasteiger partial charge is 0.493 e. The van der Waals surface area contributed by atoms with Crippen LogP contribution >= 0.6 is 0 Å². The molecule has 3 aromatic carbocycles. The van der Waals surface area contributed by atoms with Gasteiger partial charge in [-0.3, -0.25) is 4.72 Å². The minimum absolute atomic E-state index is 0.0260. The Kier molecular flexibility index (Phi) is 6.31. The molecule has 3 atom stereocenters. The Labute approximate surface area is 213 Å². The summed E-state index contributed by atoms with van der Waals surface area (Å²) < 4.78 is 78.9. The monoisotopic (exact) mass is 530 g/mol. The summed E-state index contributed by atoms with van der Waals surface area (Å²) in [7, 11) is -0.951. The molecule has 2 aliphatic rings. The number of halogens is 3. The van der Waals surface area contributed by atoms with Crippen LogP contribution in [-0.4, -0.2) is 22.6 Å². The van der Waals surface area contributed by atoms with E-state index in [9.17, 15) is 21.6 Å². The Balaban J connectivity index is 1.48. The maximum Gasteiger partial charge on any atom is 0.416 e. The molecule has 0 spiro atoms. The number of fused-ring (bicyclic) bond motifs is 3. The molecule has 0 aromatic heterocycles. The van der Waals surface area contributed by atoms with Crippen LogP contribution in [0.5, 0.6) is 11.5 Å². The van der Waals surface area contributed by atoms with Gasteiger partial charge in [-0.15, -0.1) is 0 Å².